The van der Waals surface area contributed by atoms with Gasteiger partial charge in [0.2, 0.25) is 0 Å². The largest absolute Gasteiger partial charge is 1.00 e. The fourth-order valence-electron chi connectivity index (χ4n) is 0. The van der Waals surface area contributed by atoms with E-state index in [4.69, 9.17) is 0 Å². The van der Waals surface area contributed by atoms with Gasteiger partial charge in [0.1, 0.15) is 5.78 Å². The molecule has 0 aliphatic rings. The van der Waals surface area contributed by atoms with Crippen molar-refractivity contribution in [3.05, 3.63) is 0 Å². The SMILES string of the molecule is CC(C)=O.[K+]. The number of carbonyl (C=O) groups is 1. The molecule has 5 heavy (non-hydrogen) atoms. The van der Waals surface area contributed by atoms with Crippen LogP contribution in [0.3, 0.4) is 0 Å². The van der Waals surface area contributed by atoms with Crippen molar-refractivity contribution in [3.8, 4) is 0 Å². The van der Waals surface area contributed by atoms with Crippen LogP contribution in [0.5, 0.6) is 0 Å². The third-order valence-corrected chi connectivity index (χ3v) is 0. The van der Waals surface area contributed by atoms with Crippen molar-refractivity contribution in [3.63, 3.8) is 0 Å². The van der Waals surface area contributed by atoms with Gasteiger partial charge in [-0.05, 0) is 13.8 Å². The number of rotatable bonds is 0. The summed E-state index contributed by atoms with van der Waals surface area (Å²) in [5.74, 6) is 0.167. The molecule has 0 heterocycles. The Morgan fingerprint density at radius 1 is 1.40 bits per heavy atom. The molecule has 0 aliphatic heterocycles. The molecule has 0 spiro atoms. The van der Waals surface area contributed by atoms with Crippen LogP contribution in [0.15, 0.2) is 0 Å². The molecule has 0 rings (SSSR count). The first-order valence-electron chi connectivity index (χ1n) is 1.20. The van der Waals surface area contributed by atoms with E-state index in [1.165, 1.54) is 13.8 Å². The predicted molar refractivity (Wildman–Crippen MR) is 16.4 cm³/mol. The maximum atomic E-state index is 9.44. The number of ketones is 1. The Morgan fingerprint density at radius 2 is 1.40 bits per heavy atom. The molecule has 0 aliphatic carbocycles. The summed E-state index contributed by atoms with van der Waals surface area (Å²) < 4.78 is 0. The minimum absolute atomic E-state index is 0. The van der Waals surface area contributed by atoms with Crippen LogP contribution in [-0.2, 0) is 4.79 Å². The minimum Gasteiger partial charge on any atom is -0.300 e. The van der Waals surface area contributed by atoms with Crippen LogP contribution in [0.4, 0.5) is 0 Å². The zero-order chi connectivity index (χ0) is 3.58. The van der Waals surface area contributed by atoms with Crippen LogP contribution in [0.25, 0.3) is 0 Å². The molecule has 0 bridgehead atoms. The third kappa shape index (κ3) is 34.0. The quantitative estimate of drug-likeness (QED) is 0.308. The molecule has 0 amide bonds. The predicted octanol–water partition coefficient (Wildman–Crippen LogP) is -2.40. The van der Waals surface area contributed by atoms with Crippen LogP contribution in [0.1, 0.15) is 13.8 Å². The maximum absolute atomic E-state index is 9.44. The Balaban J connectivity index is 0. The molecule has 0 N–H and O–H groups in total. The monoisotopic (exact) mass is 97.0 g/mol. The van der Waals surface area contributed by atoms with E-state index in [1.807, 2.05) is 0 Å². The van der Waals surface area contributed by atoms with Crippen molar-refractivity contribution in [2.24, 2.45) is 0 Å². The van der Waals surface area contributed by atoms with Gasteiger partial charge in [0.25, 0.3) is 0 Å². The zero-order valence-corrected chi connectivity index (χ0v) is 7.03. The van der Waals surface area contributed by atoms with Crippen molar-refractivity contribution >= 4 is 5.78 Å². The fraction of sp³-hybridized carbons (Fsp3) is 0.667. The molecule has 24 valence electrons. The smallest absolute Gasteiger partial charge is 0.300 e. The van der Waals surface area contributed by atoms with Gasteiger partial charge in [0.15, 0.2) is 0 Å². The molecule has 0 saturated carbocycles. The van der Waals surface area contributed by atoms with E-state index in [0.717, 1.165) is 0 Å². The van der Waals surface area contributed by atoms with Gasteiger partial charge < -0.3 is 4.79 Å². The Kier molecular flexibility index (Phi) is 10.2. The van der Waals surface area contributed by atoms with Crippen molar-refractivity contribution in [2.75, 3.05) is 0 Å². The van der Waals surface area contributed by atoms with E-state index in [2.05, 4.69) is 0 Å². The first-order valence-corrected chi connectivity index (χ1v) is 1.20. The van der Waals surface area contributed by atoms with Gasteiger partial charge in [-0.15, -0.1) is 0 Å². The average Bonchev–Trinajstić information content (AvgIpc) is 0.811. The van der Waals surface area contributed by atoms with Crippen molar-refractivity contribution in [1.82, 2.24) is 0 Å². The Morgan fingerprint density at radius 3 is 1.40 bits per heavy atom. The number of Topliss-reactive ketones (excluding diaryl/α,β-unsaturated/α-hetero) is 1. The van der Waals surface area contributed by atoms with E-state index >= 15 is 0 Å². The third-order valence-electron chi connectivity index (χ3n) is 0. The Hall–Kier alpha value is 1.31. The summed E-state index contributed by atoms with van der Waals surface area (Å²) in [4.78, 5) is 9.44. The second-order valence-electron chi connectivity index (χ2n) is 0.908. The second kappa shape index (κ2) is 5.31. The normalized spacial score (nSPS) is 5.20. The van der Waals surface area contributed by atoms with E-state index in [-0.39, 0.29) is 57.2 Å². The summed E-state index contributed by atoms with van der Waals surface area (Å²) in [7, 11) is 0. The molecule has 1 nitrogen and oxygen atoms in total. The van der Waals surface area contributed by atoms with E-state index in [0.29, 0.717) is 0 Å². The van der Waals surface area contributed by atoms with Gasteiger partial charge in [0.05, 0.1) is 0 Å². The fourth-order valence-corrected chi connectivity index (χ4v) is 0. The van der Waals surface area contributed by atoms with E-state index in [1.54, 1.807) is 0 Å². The molecular weight excluding hydrogens is 91.1 g/mol. The molecule has 0 aromatic heterocycles. The van der Waals surface area contributed by atoms with Gasteiger partial charge >= 0.3 is 51.4 Å². The van der Waals surface area contributed by atoms with E-state index in [9.17, 15) is 4.79 Å². The summed E-state index contributed by atoms with van der Waals surface area (Å²) in [5.41, 5.74) is 0. The second-order valence-corrected chi connectivity index (χ2v) is 0.908. The van der Waals surface area contributed by atoms with Crippen molar-refractivity contribution in [2.45, 2.75) is 13.8 Å². The molecule has 0 saturated heterocycles. The zero-order valence-electron chi connectivity index (χ0n) is 3.91. The first kappa shape index (κ1) is 9.58. The molecule has 0 unspecified atom stereocenters. The summed E-state index contributed by atoms with van der Waals surface area (Å²) in [6.07, 6.45) is 0. The van der Waals surface area contributed by atoms with Gasteiger partial charge in [-0.2, -0.15) is 0 Å². The molecule has 0 atom stereocenters. The standard InChI is InChI=1S/C3H6O.K/c1-3(2)4;/h1-2H3;/q;+1. The van der Waals surface area contributed by atoms with Gasteiger partial charge in [-0.1, -0.05) is 0 Å². The number of carbonyl (C=O) groups excluding carboxylic acids is 1. The summed E-state index contributed by atoms with van der Waals surface area (Å²) in [5, 5.41) is 0. The van der Waals surface area contributed by atoms with Crippen LogP contribution in [-0.4, -0.2) is 5.78 Å². The Bertz CT molecular complexity index is 29.9. The van der Waals surface area contributed by atoms with Crippen LogP contribution in [0.2, 0.25) is 0 Å². The van der Waals surface area contributed by atoms with Crippen molar-refractivity contribution in [1.29, 1.82) is 0 Å². The van der Waals surface area contributed by atoms with Crippen molar-refractivity contribution < 1.29 is 56.2 Å². The van der Waals surface area contributed by atoms with Gasteiger partial charge in [-0.25, -0.2) is 0 Å². The molecule has 2 heteroatoms. The molecule has 0 fully saturated rings. The van der Waals surface area contributed by atoms with E-state index < -0.39 is 0 Å². The number of hydrogen-bond donors (Lipinski definition) is 0. The average molecular weight is 97.2 g/mol. The summed E-state index contributed by atoms with van der Waals surface area (Å²) >= 11 is 0. The summed E-state index contributed by atoms with van der Waals surface area (Å²) in [6.45, 7) is 3.06. The van der Waals surface area contributed by atoms with Gasteiger partial charge in [-0.3, -0.25) is 0 Å². The van der Waals surface area contributed by atoms with Crippen LogP contribution >= 0.6 is 0 Å². The molecule has 0 aromatic carbocycles. The number of hydrogen-bond acceptors (Lipinski definition) is 1. The topological polar surface area (TPSA) is 17.1 Å². The molecular formula is C3H6KO+. The molecule has 0 radical (unpaired) electrons. The van der Waals surface area contributed by atoms with Crippen LogP contribution in [0, 0.1) is 0 Å². The molecule has 0 aromatic rings. The summed E-state index contributed by atoms with van der Waals surface area (Å²) in [6, 6.07) is 0. The van der Waals surface area contributed by atoms with Crippen LogP contribution < -0.4 is 51.4 Å². The Labute approximate surface area is 74.6 Å². The maximum Gasteiger partial charge on any atom is 1.00 e. The first-order chi connectivity index (χ1) is 1.73. The minimum atomic E-state index is 0. The van der Waals surface area contributed by atoms with Gasteiger partial charge in [0, 0.05) is 0 Å².